The Morgan fingerprint density at radius 2 is 2.00 bits per heavy atom. The van der Waals surface area contributed by atoms with Crippen LogP contribution >= 0.6 is 0 Å². The number of aromatic hydroxyl groups is 1. The number of carbonyl (C=O) groups is 1. The van der Waals surface area contributed by atoms with Crippen molar-refractivity contribution in [1.82, 2.24) is 0 Å². The summed E-state index contributed by atoms with van der Waals surface area (Å²) in [5.41, 5.74) is 2.18. The van der Waals surface area contributed by atoms with Gasteiger partial charge in [-0.05, 0) is 37.8 Å². The quantitative estimate of drug-likeness (QED) is 0.830. The number of methoxy groups -OCH3 is 1. The fourth-order valence-corrected chi connectivity index (χ4v) is 5.12. The van der Waals surface area contributed by atoms with Crippen LogP contribution in [0.2, 0.25) is 0 Å². The van der Waals surface area contributed by atoms with Gasteiger partial charge in [0.2, 0.25) is 5.79 Å². The molecule has 0 saturated heterocycles. The molecule has 2 aliphatic heterocycles. The maximum absolute atomic E-state index is 11.9. The lowest BCUT2D eigenvalue weighted by molar-refractivity contribution is -0.263. The third kappa shape index (κ3) is 2.15. The van der Waals surface area contributed by atoms with E-state index >= 15 is 0 Å². The van der Waals surface area contributed by atoms with Crippen LogP contribution in [0.1, 0.15) is 78.6 Å². The van der Waals surface area contributed by atoms with Crippen LogP contribution in [-0.4, -0.2) is 35.2 Å². The molecule has 26 heavy (non-hydrogen) atoms. The lowest BCUT2D eigenvalue weighted by atomic mass is 9.70. The zero-order valence-corrected chi connectivity index (χ0v) is 15.7. The van der Waals surface area contributed by atoms with Gasteiger partial charge in [-0.2, -0.15) is 0 Å². The molecular formula is C20H26O6. The van der Waals surface area contributed by atoms with E-state index in [9.17, 15) is 15.0 Å². The van der Waals surface area contributed by atoms with Crippen molar-refractivity contribution >= 4 is 5.97 Å². The second-order valence-corrected chi connectivity index (χ2v) is 7.83. The first-order valence-electron chi connectivity index (χ1n) is 9.34. The summed E-state index contributed by atoms with van der Waals surface area (Å²) in [5, 5.41) is 20.4. The van der Waals surface area contributed by atoms with Gasteiger partial charge >= 0.3 is 5.97 Å². The summed E-state index contributed by atoms with van der Waals surface area (Å²) in [4.78, 5) is 11.9. The summed E-state index contributed by atoms with van der Waals surface area (Å²) < 4.78 is 18.5. The Balaban J connectivity index is 2.05. The molecular weight excluding hydrogens is 336 g/mol. The van der Waals surface area contributed by atoms with Gasteiger partial charge in [-0.15, -0.1) is 0 Å². The first-order valence-corrected chi connectivity index (χ1v) is 9.34. The predicted molar refractivity (Wildman–Crippen MR) is 93.8 cm³/mol. The van der Waals surface area contributed by atoms with Gasteiger partial charge < -0.3 is 24.4 Å². The van der Waals surface area contributed by atoms with Gasteiger partial charge in [-0.1, -0.05) is 13.3 Å². The van der Waals surface area contributed by atoms with Crippen molar-refractivity contribution in [3.63, 3.8) is 0 Å². The minimum absolute atomic E-state index is 0.00744. The van der Waals surface area contributed by atoms with Crippen molar-refractivity contribution in [2.45, 2.75) is 70.4 Å². The molecule has 0 aromatic heterocycles. The van der Waals surface area contributed by atoms with Crippen LogP contribution in [-0.2, 0) is 9.47 Å². The van der Waals surface area contributed by atoms with E-state index in [1.807, 2.05) is 13.8 Å². The molecule has 2 N–H and O–H groups in total. The molecule has 6 nitrogen and oxygen atoms in total. The average Bonchev–Trinajstić information content (AvgIpc) is 2.61. The Labute approximate surface area is 153 Å². The van der Waals surface area contributed by atoms with Crippen molar-refractivity contribution in [3.8, 4) is 11.5 Å². The Kier molecular flexibility index (Phi) is 3.97. The number of benzene rings is 1. The van der Waals surface area contributed by atoms with Crippen LogP contribution in [0.4, 0.5) is 0 Å². The van der Waals surface area contributed by atoms with Crippen LogP contribution in [0.5, 0.6) is 11.5 Å². The highest BCUT2D eigenvalue weighted by Crippen LogP contribution is 2.59. The monoisotopic (exact) mass is 362 g/mol. The van der Waals surface area contributed by atoms with Gasteiger partial charge in [0.15, 0.2) is 0 Å². The third-order valence-corrected chi connectivity index (χ3v) is 6.62. The number of aromatic carboxylic acids is 1. The third-order valence-electron chi connectivity index (χ3n) is 6.62. The van der Waals surface area contributed by atoms with Gasteiger partial charge in [0.1, 0.15) is 17.1 Å². The van der Waals surface area contributed by atoms with Crippen molar-refractivity contribution in [2.24, 2.45) is 5.92 Å². The number of ether oxygens (including phenoxy) is 3. The Morgan fingerprint density at radius 1 is 1.27 bits per heavy atom. The van der Waals surface area contributed by atoms with Crippen LogP contribution in [0.25, 0.3) is 0 Å². The van der Waals surface area contributed by atoms with Crippen molar-refractivity contribution < 1.29 is 29.2 Å². The minimum atomic E-state index is -1.20. The Morgan fingerprint density at radius 3 is 2.65 bits per heavy atom. The number of fused-ring (bicyclic) bond motifs is 2. The molecule has 1 aromatic carbocycles. The van der Waals surface area contributed by atoms with Crippen molar-refractivity contribution in [2.75, 3.05) is 7.11 Å². The summed E-state index contributed by atoms with van der Waals surface area (Å²) >= 11 is 0. The summed E-state index contributed by atoms with van der Waals surface area (Å²) in [6.45, 7) is 5.85. The van der Waals surface area contributed by atoms with E-state index in [0.717, 1.165) is 30.4 Å². The zero-order valence-electron chi connectivity index (χ0n) is 15.7. The lowest BCUT2D eigenvalue weighted by Gasteiger charge is -2.53. The second-order valence-electron chi connectivity index (χ2n) is 7.83. The maximum Gasteiger partial charge on any atom is 0.343 e. The predicted octanol–water partition coefficient (Wildman–Crippen LogP) is 3.89. The van der Waals surface area contributed by atoms with Crippen LogP contribution in [0, 0.1) is 12.8 Å². The van der Waals surface area contributed by atoms with E-state index in [0.29, 0.717) is 12.0 Å². The van der Waals surface area contributed by atoms with Gasteiger partial charge in [0.25, 0.3) is 0 Å². The molecule has 1 aromatic rings. The van der Waals surface area contributed by atoms with E-state index in [-0.39, 0.29) is 41.1 Å². The number of carboxylic acid groups (broad SMARTS) is 1. The van der Waals surface area contributed by atoms with E-state index in [1.54, 1.807) is 14.0 Å². The molecule has 0 bridgehead atoms. The van der Waals surface area contributed by atoms with Crippen LogP contribution in [0.15, 0.2) is 0 Å². The highest BCUT2D eigenvalue weighted by Gasteiger charge is 2.56. The zero-order chi connectivity index (χ0) is 18.8. The number of carboxylic acids is 1. The van der Waals surface area contributed by atoms with Gasteiger partial charge in [0, 0.05) is 25.0 Å². The SMILES string of the molecule is COC12CCCCC1C1OC(C)C(C)c3c(C)c(O)c(C(=O)O)c(c31)O2. The number of hydrogen-bond acceptors (Lipinski definition) is 5. The molecule has 1 aliphatic carbocycles. The molecule has 2 heterocycles. The lowest BCUT2D eigenvalue weighted by Crippen LogP contribution is -2.55. The molecule has 3 aliphatic rings. The normalized spacial score (nSPS) is 35.2. The van der Waals surface area contributed by atoms with E-state index in [1.165, 1.54) is 0 Å². The van der Waals surface area contributed by atoms with Gasteiger partial charge in [-0.25, -0.2) is 4.79 Å². The molecule has 0 radical (unpaired) electrons. The smallest absolute Gasteiger partial charge is 0.343 e. The molecule has 0 spiro atoms. The summed E-state index contributed by atoms with van der Waals surface area (Å²) in [5.74, 6) is -2.05. The molecule has 5 unspecified atom stereocenters. The highest BCUT2D eigenvalue weighted by atomic mass is 16.7. The molecule has 0 amide bonds. The molecule has 4 rings (SSSR count). The van der Waals surface area contributed by atoms with Crippen LogP contribution in [0.3, 0.4) is 0 Å². The maximum atomic E-state index is 11.9. The molecule has 5 atom stereocenters. The van der Waals surface area contributed by atoms with Gasteiger partial charge in [0.05, 0.1) is 18.1 Å². The fraction of sp³-hybridized carbons (Fsp3) is 0.650. The molecule has 1 saturated carbocycles. The minimum Gasteiger partial charge on any atom is -0.507 e. The van der Waals surface area contributed by atoms with Crippen molar-refractivity contribution in [3.05, 3.63) is 22.3 Å². The Bertz CT molecular complexity index is 772. The highest BCUT2D eigenvalue weighted by molar-refractivity contribution is 5.96. The fourth-order valence-electron chi connectivity index (χ4n) is 5.12. The number of rotatable bonds is 2. The first kappa shape index (κ1) is 17.6. The molecule has 142 valence electrons. The van der Waals surface area contributed by atoms with Crippen molar-refractivity contribution in [1.29, 1.82) is 0 Å². The largest absolute Gasteiger partial charge is 0.507 e. The standard InChI is InChI=1S/C20H26O6/c1-9-11(3)25-17-12-7-5-6-8-20(12,24-4)26-18-14(17)13(9)10(2)16(21)15(18)19(22)23/h9,11-12,17,21H,5-8H2,1-4H3,(H,22,23). The van der Waals surface area contributed by atoms with E-state index in [2.05, 4.69) is 0 Å². The second kappa shape index (κ2) is 5.86. The van der Waals surface area contributed by atoms with E-state index < -0.39 is 11.8 Å². The number of phenols is 1. The van der Waals surface area contributed by atoms with Crippen LogP contribution < -0.4 is 4.74 Å². The number of hydrogen-bond donors (Lipinski definition) is 2. The topological polar surface area (TPSA) is 85.2 Å². The molecule has 6 heteroatoms. The summed E-state index contributed by atoms with van der Waals surface area (Å²) in [6.07, 6.45) is 3.28. The van der Waals surface area contributed by atoms with E-state index in [4.69, 9.17) is 14.2 Å². The van der Waals surface area contributed by atoms with Gasteiger partial charge in [-0.3, -0.25) is 0 Å². The first-order chi connectivity index (χ1) is 12.3. The average molecular weight is 362 g/mol. The Hall–Kier alpha value is -1.79. The summed E-state index contributed by atoms with van der Waals surface area (Å²) in [6, 6.07) is 0. The molecule has 1 fully saturated rings. The summed E-state index contributed by atoms with van der Waals surface area (Å²) in [7, 11) is 1.60.